The number of carbonyl (C=O) groups is 2. The minimum Gasteiger partial charge on any atom is -0.494 e. The van der Waals surface area contributed by atoms with Crippen LogP contribution in [0, 0.1) is 5.82 Å². The van der Waals surface area contributed by atoms with Gasteiger partial charge in [-0.3, -0.25) is 9.59 Å². The van der Waals surface area contributed by atoms with Gasteiger partial charge in [0.2, 0.25) is 0 Å². The van der Waals surface area contributed by atoms with Gasteiger partial charge in [-0.1, -0.05) is 43.1 Å². The third-order valence-corrected chi connectivity index (χ3v) is 6.32. The predicted octanol–water partition coefficient (Wildman–Crippen LogP) is 5.87. The molecule has 0 aliphatic carbocycles. The van der Waals surface area contributed by atoms with Crippen LogP contribution in [-0.4, -0.2) is 49.5 Å². The zero-order chi connectivity index (χ0) is 25.5. The highest BCUT2D eigenvalue weighted by atomic mass is 35.5. The van der Waals surface area contributed by atoms with Crippen molar-refractivity contribution in [3.63, 3.8) is 0 Å². The van der Waals surface area contributed by atoms with E-state index in [2.05, 4.69) is 17.1 Å². The number of ether oxygens (including phenoxy) is 1. The first-order valence-corrected chi connectivity index (χ1v) is 12.5. The summed E-state index contributed by atoms with van der Waals surface area (Å²) >= 11 is 6.25. The van der Waals surface area contributed by atoms with Crippen molar-refractivity contribution < 1.29 is 18.7 Å². The fourth-order valence-corrected chi connectivity index (χ4v) is 4.27. The van der Waals surface area contributed by atoms with Gasteiger partial charge in [0.05, 0.1) is 23.5 Å². The molecule has 6 nitrogen and oxygen atoms in total. The van der Waals surface area contributed by atoms with Crippen LogP contribution in [0.25, 0.3) is 0 Å². The Balaban J connectivity index is 1.44. The van der Waals surface area contributed by atoms with Crippen LogP contribution in [0.5, 0.6) is 5.75 Å². The van der Waals surface area contributed by atoms with Gasteiger partial charge >= 0.3 is 0 Å². The predicted molar refractivity (Wildman–Crippen MR) is 141 cm³/mol. The number of amides is 2. The average Bonchev–Trinajstić information content (AvgIpc) is 2.89. The second kappa shape index (κ2) is 11.9. The summed E-state index contributed by atoms with van der Waals surface area (Å²) in [5.74, 6) is -0.461. The lowest BCUT2D eigenvalue weighted by Crippen LogP contribution is -2.49. The second-order valence-corrected chi connectivity index (χ2v) is 9.04. The molecule has 3 aromatic rings. The van der Waals surface area contributed by atoms with Crippen LogP contribution in [0.3, 0.4) is 0 Å². The molecule has 0 aromatic heterocycles. The molecule has 2 amide bonds. The number of hydrogen-bond donors (Lipinski definition) is 1. The van der Waals surface area contributed by atoms with Crippen LogP contribution >= 0.6 is 11.6 Å². The number of anilines is 2. The van der Waals surface area contributed by atoms with Gasteiger partial charge in [0.15, 0.2) is 0 Å². The molecule has 1 heterocycles. The summed E-state index contributed by atoms with van der Waals surface area (Å²) in [4.78, 5) is 29.6. The molecule has 4 rings (SSSR count). The SMILES string of the molecule is CCCCOc1cccc(C(=O)Nc2cc(Cl)ccc2N2CCN(C(=O)c3ccccc3F)CC2)c1. The number of unbranched alkanes of at least 4 members (excludes halogenated alkanes) is 1. The Labute approximate surface area is 215 Å². The molecule has 0 bridgehead atoms. The highest BCUT2D eigenvalue weighted by molar-refractivity contribution is 6.31. The van der Waals surface area contributed by atoms with Gasteiger partial charge in [0.1, 0.15) is 11.6 Å². The summed E-state index contributed by atoms with van der Waals surface area (Å²) < 4.78 is 19.8. The number of benzene rings is 3. The molecule has 1 aliphatic heterocycles. The highest BCUT2D eigenvalue weighted by Gasteiger charge is 2.25. The van der Waals surface area contributed by atoms with Gasteiger partial charge in [-0.25, -0.2) is 4.39 Å². The summed E-state index contributed by atoms with van der Waals surface area (Å²) in [6, 6.07) is 18.4. The molecule has 8 heteroatoms. The molecular weight excluding hydrogens is 481 g/mol. The third kappa shape index (κ3) is 6.15. The van der Waals surface area contributed by atoms with Crippen molar-refractivity contribution in [3.05, 3.63) is 88.7 Å². The normalized spacial score (nSPS) is 13.4. The third-order valence-electron chi connectivity index (χ3n) is 6.08. The minimum absolute atomic E-state index is 0.0753. The van der Waals surface area contributed by atoms with E-state index < -0.39 is 5.82 Å². The molecule has 1 aliphatic rings. The molecule has 188 valence electrons. The standard InChI is InChI=1S/C28H29ClFN3O3/c1-2-3-17-36-22-8-6-7-20(18-22)27(34)31-25-19-21(29)11-12-26(25)32-13-15-33(16-14-32)28(35)23-9-4-5-10-24(23)30/h4-12,18-19H,2-3,13-17H2,1H3,(H,31,34). The number of rotatable bonds is 8. The average molecular weight is 510 g/mol. The molecular formula is C28H29ClFN3O3. The van der Waals surface area contributed by atoms with Crippen molar-refractivity contribution in [2.75, 3.05) is 43.0 Å². The van der Waals surface area contributed by atoms with E-state index in [4.69, 9.17) is 16.3 Å². The van der Waals surface area contributed by atoms with Gasteiger partial charge in [-0.05, 0) is 55.0 Å². The van der Waals surface area contributed by atoms with Crippen molar-refractivity contribution >= 4 is 34.8 Å². The van der Waals surface area contributed by atoms with Crippen molar-refractivity contribution in [2.45, 2.75) is 19.8 Å². The first-order valence-electron chi connectivity index (χ1n) is 12.1. The number of halogens is 2. The van der Waals surface area contributed by atoms with Crippen LogP contribution in [0.2, 0.25) is 5.02 Å². The van der Waals surface area contributed by atoms with Gasteiger partial charge in [0.25, 0.3) is 11.8 Å². The largest absolute Gasteiger partial charge is 0.494 e. The molecule has 0 atom stereocenters. The summed E-state index contributed by atoms with van der Waals surface area (Å²) in [7, 11) is 0. The Morgan fingerprint density at radius 1 is 1.00 bits per heavy atom. The maximum absolute atomic E-state index is 14.1. The zero-order valence-electron chi connectivity index (χ0n) is 20.2. The summed E-state index contributed by atoms with van der Waals surface area (Å²) in [5, 5.41) is 3.48. The number of carbonyl (C=O) groups excluding carboxylic acids is 2. The summed E-state index contributed by atoms with van der Waals surface area (Å²) in [5.41, 5.74) is 1.95. The van der Waals surface area contributed by atoms with E-state index in [1.807, 2.05) is 12.1 Å². The van der Waals surface area contributed by atoms with Gasteiger partial charge in [-0.2, -0.15) is 0 Å². The second-order valence-electron chi connectivity index (χ2n) is 8.60. The molecule has 1 saturated heterocycles. The monoisotopic (exact) mass is 509 g/mol. The fraction of sp³-hybridized carbons (Fsp3) is 0.286. The van der Waals surface area contributed by atoms with Gasteiger partial charge < -0.3 is 19.9 Å². The molecule has 1 fully saturated rings. The van der Waals surface area contributed by atoms with Crippen LogP contribution in [0.4, 0.5) is 15.8 Å². The van der Waals surface area contributed by atoms with Crippen LogP contribution in [0.1, 0.15) is 40.5 Å². The Hall–Kier alpha value is -3.58. The summed E-state index contributed by atoms with van der Waals surface area (Å²) in [6.45, 7) is 4.62. The van der Waals surface area contributed by atoms with Crippen LogP contribution < -0.4 is 15.0 Å². The zero-order valence-corrected chi connectivity index (χ0v) is 20.9. The number of piperazine rings is 1. The molecule has 3 aromatic carbocycles. The van der Waals surface area contributed by atoms with Crippen molar-refractivity contribution in [3.8, 4) is 5.75 Å². The number of nitrogens with zero attached hydrogens (tertiary/aromatic N) is 2. The lowest BCUT2D eigenvalue weighted by molar-refractivity contribution is 0.0742. The maximum Gasteiger partial charge on any atom is 0.256 e. The lowest BCUT2D eigenvalue weighted by atomic mass is 10.1. The minimum atomic E-state index is -0.521. The van der Waals surface area contributed by atoms with Gasteiger partial charge in [0, 0.05) is 36.8 Å². The van der Waals surface area contributed by atoms with E-state index in [0.29, 0.717) is 54.8 Å². The molecule has 1 N–H and O–H groups in total. The molecule has 0 spiro atoms. The van der Waals surface area contributed by atoms with E-state index in [-0.39, 0.29) is 17.4 Å². The van der Waals surface area contributed by atoms with Crippen molar-refractivity contribution in [2.24, 2.45) is 0 Å². The Bertz CT molecular complexity index is 1230. The molecule has 36 heavy (non-hydrogen) atoms. The van der Waals surface area contributed by atoms with Gasteiger partial charge in [-0.15, -0.1) is 0 Å². The van der Waals surface area contributed by atoms with Crippen molar-refractivity contribution in [1.82, 2.24) is 4.90 Å². The Morgan fingerprint density at radius 3 is 2.53 bits per heavy atom. The molecule has 0 unspecified atom stereocenters. The lowest BCUT2D eigenvalue weighted by Gasteiger charge is -2.37. The van der Waals surface area contributed by atoms with Crippen molar-refractivity contribution in [1.29, 1.82) is 0 Å². The summed E-state index contributed by atoms with van der Waals surface area (Å²) in [6.07, 6.45) is 1.98. The van der Waals surface area contributed by atoms with E-state index in [0.717, 1.165) is 18.5 Å². The first-order chi connectivity index (χ1) is 17.5. The van der Waals surface area contributed by atoms with Crippen LogP contribution in [-0.2, 0) is 0 Å². The fourth-order valence-electron chi connectivity index (χ4n) is 4.10. The smallest absolute Gasteiger partial charge is 0.256 e. The first kappa shape index (κ1) is 25.5. The topological polar surface area (TPSA) is 61.9 Å². The Morgan fingerprint density at radius 2 is 1.78 bits per heavy atom. The maximum atomic E-state index is 14.1. The molecule has 0 radical (unpaired) electrons. The Kier molecular flexibility index (Phi) is 8.44. The van der Waals surface area contributed by atoms with E-state index in [1.165, 1.54) is 12.1 Å². The highest BCUT2D eigenvalue weighted by Crippen LogP contribution is 2.31. The number of hydrogen-bond acceptors (Lipinski definition) is 4. The number of nitrogens with one attached hydrogen (secondary N) is 1. The molecule has 0 saturated carbocycles. The van der Waals surface area contributed by atoms with Crippen LogP contribution in [0.15, 0.2) is 66.7 Å². The quantitative estimate of drug-likeness (QED) is 0.386. The van der Waals surface area contributed by atoms with E-state index in [9.17, 15) is 14.0 Å². The van der Waals surface area contributed by atoms with E-state index >= 15 is 0 Å². The van der Waals surface area contributed by atoms with E-state index in [1.54, 1.807) is 47.4 Å².